The van der Waals surface area contributed by atoms with E-state index in [4.69, 9.17) is 16.4 Å². The van der Waals surface area contributed by atoms with Crippen LogP contribution < -0.4 is 5.73 Å². The Kier molecular flexibility index (Phi) is 4.10. The maximum absolute atomic E-state index is 10.4. The Morgan fingerprint density at radius 2 is 2.17 bits per heavy atom. The number of aliphatic carboxylic acids is 1. The Labute approximate surface area is 70.0 Å². The van der Waals surface area contributed by atoms with Crippen LogP contribution >= 0.6 is 0 Å². The quantitative estimate of drug-likeness (QED) is 0.370. The third-order valence-electron chi connectivity index (χ3n) is 1.85. The molecule has 1 unspecified atom stereocenters. The van der Waals surface area contributed by atoms with Gasteiger partial charge >= 0.3 is 5.97 Å². The van der Waals surface area contributed by atoms with Crippen LogP contribution in [0.2, 0.25) is 0 Å². The van der Waals surface area contributed by atoms with Gasteiger partial charge in [-0.2, -0.15) is 0 Å². The van der Waals surface area contributed by atoms with Crippen molar-refractivity contribution in [3.05, 3.63) is 10.4 Å². The van der Waals surface area contributed by atoms with E-state index >= 15 is 0 Å². The fraction of sp³-hybridized carbons (Fsp3) is 0.833. The second-order valence-corrected chi connectivity index (χ2v) is 2.67. The molecule has 6 heteroatoms. The summed E-state index contributed by atoms with van der Waals surface area (Å²) in [5.41, 5.74) is 13.4. The Morgan fingerprint density at radius 1 is 1.67 bits per heavy atom. The normalized spacial score (nSPS) is 17.2. The van der Waals surface area contributed by atoms with E-state index in [2.05, 4.69) is 10.0 Å². The molecule has 0 aromatic rings. The zero-order chi connectivity index (χ0) is 9.72. The number of hydrogen-bond donors (Lipinski definition) is 2. The molecule has 0 fully saturated rings. The van der Waals surface area contributed by atoms with Gasteiger partial charge in [-0.3, -0.25) is 4.79 Å². The minimum absolute atomic E-state index is 0.363. The topological polar surface area (TPSA) is 112 Å². The molecule has 6 nitrogen and oxygen atoms in total. The van der Waals surface area contributed by atoms with Crippen molar-refractivity contribution in [2.45, 2.75) is 25.9 Å². The number of carboxylic acid groups (broad SMARTS) is 1. The smallest absolute Gasteiger partial charge is 0.320 e. The molecule has 0 saturated heterocycles. The van der Waals surface area contributed by atoms with Crippen LogP contribution in [-0.4, -0.2) is 23.2 Å². The van der Waals surface area contributed by atoms with Crippen molar-refractivity contribution in [3.8, 4) is 0 Å². The predicted octanol–water partition coefficient (Wildman–Crippen LogP) is 0.733. The second-order valence-electron chi connectivity index (χ2n) is 2.67. The summed E-state index contributed by atoms with van der Waals surface area (Å²) in [6, 6.07) is -1.38. The van der Waals surface area contributed by atoms with Crippen LogP contribution in [0.15, 0.2) is 5.11 Å². The molecule has 0 heterocycles. The van der Waals surface area contributed by atoms with Crippen molar-refractivity contribution in [3.63, 3.8) is 0 Å². The first-order valence-electron chi connectivity index (χ1n) is 3.53. The first-order valence-corrected chi connectivity index (χ1v) is 3.53. The monoisotopic (exact) mass is 172 g/mol. The molecular weight excluding hydrogens is 160 g/mol. The lowest BCUT2D eigenvalue weighted by Crippen LogP contribution is -2.40. The molecular formula is C6H12N4O2. The molecule has 3 N–H and O–H groups in total. The highest BCUT2D eigenvalue weighted by Crippen LogP contribution is 2.10. The number of carboxylic acids is 1. The average molecular weight is 172 g/mol. The van der Waals surface area contributed by atoms with E-state index < -0.39 is 18.1 Å². The molecule has 0 aliphatic heterocycles. The minimum atomic E-state index is -1.08. The van der Waals surface area contributed by atoms with Crippen molar-refractivity contribution in [2.24, 2.45) is 16.8 Å². The van der Waals surface area contributed by atoms with E-state index in [1.807, 2.05) is 0 Å². The van der Waals surface area contributed by atoms with E-state index in [-0.39, 0.29) is 5.92 Å². The summed E-state index contributed by atoms with van der Waals surface area (Å²) in [4.78, 5) is 13.0. The predicted molar refractivity (Wildman–Crippen MR) is 43.4 cm³/mol. The molecule has 0 saturated carbocycles. The van der Waals surface area contributed by atoms with Crippen LogP contribution in [0.3, 0.4) is 0 Å². The summed E-state index contributed by atoms with van der Waals surface area (Å²) < 4.78 is 0. The first-order chi connectivity index (χ1) is 5.50. The zero-order valence-corrected chi connectivity index (χ0v) is 7.01. The molecule has 0 radical (unpaired) electrons. The van der Waals surface area contributed by atoms with Crippen LogP contribution in [0.4, 0.5) is 0 Å². The molecule has 0 bridgehead atoms. The van der Waals surface area contributed by atoms with E-state index in [0.29, 0.717) is 0 Å². The van der Waals surface area contributed by atoms with Gasteiger partial charge < -0.3 is 10.8 Å². The van der Waals surface area contributed by atoms with Gasteiger partial charge in [0.15, 0.2) is 0 Å². The molecule has 0 amide bonds. The van der Waals surface area contributed by atoms with Crippen LogP contribution in [0.25, 0.3) is 10.4 Å². The second kappa shape index (κ2) is 4.58. The molecule has 0 aliphatic carbocycles. The molecule has 68 valence electrons. The first kappa shape index (κ1) is 10.7. The summed E-state index contributed by atoms with van der Waals surface area (Å²) >= 11 is 0. The Morgan fingerprint density at radius 3 is 2.50 bits per heavy atom. The number of rotatable bonds is 4. The largest absolute Gasteiger partial charge is 0.480 e. The fourth-order valence-electron chi connectivity index (χ4n) is 0.712. The van der Waals surface area contributed by atoms with Crippen molar-refractivity contribution in [1.29, 1.82) is 0 Å². The van der Waals surface area contributed by atoms with Gasteiger partial charge in [0, 0.05) is 11.0 Å². The SMILES string of the molecule is CC(N=[N+]=[N-])[C@H](C)[C@H](N)C(=O)O. The third-order valence-corrected chi connectivity index (χ3v) is 1.85. The number of azide groups is 1. The number of carbonyl (C=O) groups is 1. The van der Waals surface area contributed by atoms with Crippen LogP contribution in [0, 0.1) is 5.92 Å². The molecule has 0 spiro atoms. The van der Waals surface area contributed by atoms with E-state index in [1.165, 1.54) is 0 Å². The van der Waals surface area contributed by atoms with E-state index in [9.17, 15) is 4.79 Å². The molecule has 0 aromatic carbocycles. The number of nitrogens with two attached hydrogens (primary N) is 1. The molecule has 0 aliphatic rings. The van der Waals surface area contributed by atoms with Gasteiger partial charge in [0.2, 0.25) is 0 Å². The van der Waals surface area contributed by atoms with Crippen LogP contribution in [0.5, 0.6) is 0 Å². The fourth-order valence-corrected chi connectivity index (χ4v) is 0.712. The summed E-state index contributed by atoms with van der Waals surface area (Å²) in [5, 5.41) is 11.9. The van der Waals surface area contributed by atoms with E-state index in [1.54, 1.807) is 13.8 Å². The lowest BCUT2D eigenvalue weighted by atomic mass is 9.96. The lowest BCUT2D eigenvalue weighted by molar-refractivity contribution is -0.139. The maximum atomic E-state index is 10.4. The molecule has 0 rings (SSSR count). The Balaban J connectivity index is 4.27. The van der Waals surface area contributed by atoms with Crippen molar-refractivity contribution in [2.75, 3.05) is 0 Å². The summed E-state index contributed by atoms with van der Waals surface area (Å²) in [6.07, 6.45) is 0. The summed E-state index contributed by atoms with van der Waals surface area (Å²) in [7, 11) is 0. The average Bonchev–Trinajstić information content (AvgIpc) is 2.02. The van der Waals surface area contributed by atoms with Crippen LogP contribution in [0.1, 0.15) is 13.8 Å². The van der Waals surface area contributed by atoms with Crippen LogP contribution in [-0.2, 0) is 4.79 Å². The van der Waals surface area contributed by atoms with Gasteiger partial charge in [-0.15, -0.1) is 0 Å². The maximum Gasteiger partial charge on any atom is 0.320 e. The Hall–Kier alpha value is -1.26. The van der Waals surface area contributed by atoms with Gasteiger partial charge in [0.1, 0.15) is 6.04 Å². The van der Waals surface area contributed by atoms with E-state index in [0.717, 1.165) is 0 Å². The summed E-state index contributed by atoms with van der Waals surface area (Å²) in [6.45, 7) is 3.27. The highest BCUT2D eigenvalue weighted by Gasteiger charge is 2.23. The molecule has 12 heavy (non-hydrogen) atoms. The molecule has 3 atom stereocenters. The van der Waals surface area contributed by atoms with Gasteiger partial charge in [-0.05, 0) is 11.4 Å². The van der Waals surface area contributed by atoms with Gasteiger partial charge in [-0.1, -0.05) is 19.0 Å². The Bertz CT molecular complexity index is 204. The zero-order valence-electron chi connectivity index (χ0n) is 7.01. The van der Waals surface area contributed by atoms with Crippen molar-refractivity contribution in [1.82, 2.24) is 0 Å². The van der Waals surface area contributed by atoms with Gasteiger partial charge in [-0.25, -0.2) is 0 Å². The van der Waals surface area contributed by atoms with Gasteiger partial charge in [0.25, 0.3) is 0 Å². The highest BCUT2D eigenvalue weighted by molar-refractivity contribution is 5.73. The van der Waals surface area contributed by atoms with Crippen molar-refractivity contribution >= 4 is 5.97 Å². The standard InChI is InChI=1S/C6H12N4O2/c1-3(4(2)9-10-8)5(7)6(11)12/h3-5H,7H2,1-2H3,(H,11,12)/t3-,4?,5-/m0/s1. The van der Waals surface area contributed by atoms with Gasteiger partial charge in [0.05, 0.1) is 0 Å². The minimum Gasteiger partial charge on any atom is -0.480 e. The number of hydrogen-bond acceptors (Lipinski definition) is 3. The summed E-state index contributed by atoms with van der Waals surface area (Å²) in [5.74, 6) is -1.44. The lowest BCUT2D eigenvalue weighted by Gasteiger charge is -2.18. The number of nitrogens with zero attached hydrogens (tertiary/aromatic N) is 3. The van der Waals surface area contributed by atoms with Crippen molar-refractivity contribution < 1.29 is 9.90 Å². The molecule has 0 aromatic heterocycles. The highest BCUT2D eigenvalue weighted by atomic mass is 16.4. The third kappa shape index (κ3) is 2.77.